The van der Waals surface area contributed by atoms with E-state index >= 15 is 0 Å². The lowest BCUT2D eigenvalue weighted by molar-refractivity contribution is 0.395. The zero-order chi connectivity index (χ0) is 24.3. The van der Waals surface area contributed by atoms with Crippen molar-refractivity contribution >= 4 is 15.7 Å². The van der Waals surface area contributed by atoms with E-state index < -0.39 is 15.7 Å². The lowest BCUT2D eigenvalue weighted by Gasteiger charge is -2.37. The van der Waals surface area contributed by atoms with Crippen molar-refractivity contribution in [3.63, 3.8) is 0 Å². The monoisotopic (exact) mass is 482 g/mol. The van der Waals surface area contributed by atoms with Gasteiger partial charge in [-0.3, -0.25) is 0 Å². The van der Waals surface area contributed by atoms with Crippen LogP contribution in [0.5, 0.6) is 0 Å². The second-order valence-electron chi connectivity index (χ2n) is 8.59. The van der Waals surface area contributed by atoms with Gasteiger partial charge in [0, 0.05) is 12.6 Å². The molecule has 4 aromatic rings. The maximum atomic E-state index is 11.5. The number of hydrogen-bond acceptors (Lipinski definition) is 4. The fourth-order valence-corrected chi connectivity index (χ4v) is 5.28. The van der Waals surface area contributed by atoms with Crippen LogP contribution >= 0.6 is 0 Å². The summed E-state index contributed by atoms with van der Waals surface area (Å²) in [7, 11) is -3.53. The van der Waals surface area contributed by atoms with Crippen LogP contribution in [0.4, 0.5) is 0 Å². The van der Waals surface area contributed by atoms with E-state index in [1.54, 1.807) is 6.08 Å². The summed E-state index contributed by atoms with van der Waals surface area (Å²) in [5, 5.41) is 0. The Morgan fingerprint density at radius 2 is 1.29 bits per heavy atom. The van der Waals surface area contributed by atoms with E-state index in [9.17, 15) is 8.42 Å². The van der Waals surface area contributed by atoms with E-state index in [4.69, 9.17) is 9.17 Å². The highest BCUT2D eigenvalue weighted by Gasteiger charge is 2.38. The molecule has 5 nitrogen and oxygen atoms in total. The molecule has 0 unspecified atom stereocenters. The van der Waals surface area contributed by atoms with Crippen LogP contribution in [0, 0.1) is 0 Å². The normalized spacial score (nSPS) is 14.2. The molecule has 1 aliphatic rings. The van der Waals surface area contributed by atoms with Gasteiger partial charge in [0.25, 0.3) is 0 Å². The van der Waals surface area contributed by atoms with Crippen LogP contribution in [0.2, 0.25) is 0 Å². The lowest BCUT2D eigenvalue weighted by atomic mass is 9.76. The summed E-state index contributed by atoms with van der Waals surface area (Å²) >= 11 is 0. The van der Waals surface area contributed by atoms with Gasteiger partial charge in [-0.25, -0.2) is 4.98 Å². The Morgan fingerprint density at radius 1 is 0.771 bits per heavy atom. The Morgan fingerprint density at radius 3 is 1.71 bits per heavy atom. The van der Waals surface area contributed by atoms with Gasteiger partial charge in [0.1, 0.15) is 11.3 Å². The van der Waals surface area contributed by atoms with Crippen LogP contribution in [0.3, 0.4) is 0 Å². The average Bonchev–Trinajstić information content (AvgIpc) is 3.37. The number of nitrogens with zero attached hydrogens (tertiary/aromatic N) is 2. The molecule has 1 heterocycles. The smallest absolute Gasteiger partial charge is 0.305 e. The predicted octanol–water partition coefficient (Wildman–Crippen LogP) is 5.76. The number of rotatable bonds is 7. The minimum Gasteiger partial charge on any atom is -0.387 e. The molecule has 0 N–H and O–H groups in total. The van der Waals surface area contributed by atoms with Gasteiger partial charge in [0.05, 0.1) is 18.3 Å². The maximum Gasteiger partial charge on any atom is 0.305 e. The molecule has 0 radical (unpaired) electrons. The zero-order valence-electron chi connectivity index (χ0n) is 19.4. The van der Waals surface area contributed by atoms with Crippen molar-refractivity contribution < 1.29 is 12.6 Å². The van der Waals surface area contributed by atoms with E-state index in [0.29, 0.717) is 18.6 Å². The molecule has 0 amide bonds. The van der Waals surface area contributed by atoms with Crippen molar-refractivity contribution in [2.75, 3.05) is 6.26 Å². The first-order chi connectivity index (χ1) is 17.0. The van der Waals surface area contributed by atoms with E-state index in [1.807, 2.05) is 30.6 Å². The summed E-state index contributed by atoms with van der Waals surface area (Å²) in [6.07, 6.45) is 9.79. The van der Waals surface area contributed by atoms with Crippen molar-refractivity contribution in [1.29, 1.82) is 0 Å². The first-order valence-electron chi connectivity index (χ1n) is 11.5. The predicted molar refractivity (Wildman–Crippen MR) is 138 cm³/mol. The fraction of sp³-hybridized carbons (Fsp3) is 0.138. The Bertz CT molecular complexity index is 1380. The topological polar surface area (TPSA) is 61.2 Å². The molecule has 0 saturated heterocycles. The Kier molecular flexibility index (Phi) is 6.14. The quantitative estimate of drug-likeness (QED) is 0.248. The standard InChI is InChI=1S/C29H26N2O3S/c1-35(32,33)34-27-19-17-23(18-20-27)28-21-31(22-30-28)29(24-11-5-2-6-12-24,25-13-7-3-8-14-25)26-15-9-4-10-16-26/h2-17,19,21-22H,18,20H2,1H3. The van der Waals surface area contributed by atoms with E-state index in [1.165, 1.54) is 0 Å². The van der Waals surface area contributed by atoms with Gasteiger partial charge in [-0.15, -0.1) is 0 Å². The molecule has 0 saturated carbocycles. The van der Waals surface area contributed by atoms with Crippen molar-refractivity contribution in [3.8, 4) is 0 Å². The van der Waals surface area contributed by atoms with Crippen molar-refractivity contribution in [1.82, 2.24) is 9.55 Å². The van der Waals surface area contributed by atoms with Crippen LogP contribution < -0.4 is 0 Å². The minimum absolute atomic E-state index is 0.447. The fourth-order valence-electron chi connectivity index (χ4n) is 4.75. The van der Waals surface area contributed by atoms with Gasteiger partial charge in [-0.05, 0) is 34.8 Å². The van der Waals surface area contributed by atoms with Crippen LogP contribution in [0.1, 0.15) is 35.2 Å². The summed E-state index contributed by atoms with van der Waals surface area (Å²) in [4.78, 5) is 4.79. The average molecular weight is 483 g/mol. The van der Waals surface area contributed by atoms with Crippen molar-refractivity contribution in [2.24, 2.45) is 0 Å². The molecular weight excluding hydrogens is 456 g/mol. The molecule has 6 heteroatoms. The van der Waals surface area contributed by atoms with Gasteiger partial charge in [0.15, 0.2) is 0 Å². The highest BCUT2D eigenvalue weighted by molar-refractivity contribution is 7.86. The van der Waals surface area contributed by atoms with Crippen molar-refractivity contribution in [3.05, 3.63) is 144 Å². The Labute approximate surface area is 206 Å². The van der Waals surface area contributed by atoms with E-state index in [2.05, 4.69) is 83.6 Å². The number of allylic oxidation sites excluding steroid dienone is 4. The molecule has 0 bridgehead atoms. The summed E-state index contributed by atoms with van der Waals surface area (Å²) in [6, 6.07) is 31.3. The van der Waals surface area contributed by atoms with Gasteiger partial charge in [0.2, 0.25) is 0 Å². The first-order valence-corrected chi connectivity index (χ1v) is 13.3. The second-order valence-corrected chi connectivity index (χ2v) is 10.2. The van der Waals surface area contributed by atoms with Gasteiger partial charge >= 0.3 is 10.1 Å². The third-order valence-electron chi connectivity index (χ3n) is 6.24. The van der Waals surface area contributed by atoms with Crippen molar-refractivity contribution in [2.45, 2.75) is 18.4 Å². The van der Waals surface area contributed by atoms with Gasteiger partial charge in [-0.2, -0.15) is 8.42 Å². The van der Waals surface area contributed by atoms with E-state index in [-0.39, 0.29) is 0 Å². The van der Waals surface area contributed by atoms with Crippen LogP contribution in [0.15, 0.2) is 121 Å². The van der Waals surface area contributed by atoms with Gasteiger partial charge < -0.3 is 8.75 Å². The minimum atomic E-state index is -3.53. The maximum absolute atomic E-state index is 11.5. The molecule has 0 atom stereocenters. The summed E-state index contributed by atoms with van der Waals surface area (Å²) < 4.78 is 30.2. The van der Waals surface area contributed by atoms with Crippen LogP contribution in [0.25, 0.3) is 5.57 Å². The number of aromatic nitrogens is 2. The molecule has 0 aliphatic heterocycles. The molecule has 3 aromatic carbocycles. The highest BCUT2D eigenvalue weighted by atomic mass is 32.2. The number of benzene rings is 3. The number of hydrogen-bond donors (Lipinski definition) is 0. The first kappa shape index (κ1) is 22.9. The molecule has 1 aliphatic carbocycles. The Balaban J connectivity index is 1.66. The summed E-state index contributed by atoms with van der Waals surface area (Å²) in [5.41, 5.74) is 4.65. The van der Waals surface area contributed by atoms with E-state index in [0.717, 1.165) is 34.2 Å². The van der Waals surface area contributed by atoms with Crippen LogP contribution in [-0.4, -0.2) is 24.2 Å². The molecule has 0 fully saturated rings. The number of imidazole rings is 1. The SMILES string of the molecule is CS(=O)(=O)OC1=CC=C(c2cn(C(c3ccccc3)(c3ccccc3)c3ccccc3)cn2)CC1. The highest BCUT2D eigenvalue weighted by Crippen LogP contribution is 2.41. The molecular formula is C29H26N2O3S. The third-order valence-corrected chi connectivity index (χ3v) is 6.76. The second kappa shape index (κ2) is 9.39. The largest absolute Gasteiger partial charge is 0.387 e. The zero-order valence-corrected chi connectivity index (χ0v) is 20.2. The van der Waals surface area contributed by atoms with Gasteiger partial charge in [-0.1, -0.05) is 97.1 Å². The third kappa shape index (κ3) is 4.57. The molecule has 1 aromatic heterocycles. The lowest BCUT2D eigenvalue weighted by Crippen LogP contribution is -2.36. The summed E-state index contributed by atoms with van der Waals surface area (Å²) in [6.45, 7) is 0. The molecule has 176 valence electrons. The Hall–Kier alpha value is -3.90. The van der Waals surface area contributed by atoms with Crippen LogP contribution in [-0.2, 0) is 19.8 Å². The summed E-state index contributed by atoms with van der Waals surface area (Å²) in [5.74, 6) is 0.447. The molecule has 5 rings (SSSR count). The molecule has 0 spiro atoms. The molecule has 35 heavy (non-hydrogen) atoms.